The van der Waals surface area contributed by atoms with Crippen molar-refractivity contribution in [3.05, 3.63) is 35.0 Å². The molecule has 10 heteroatoms. The fourth-order valence-corrected chi connectivity index (χ4v) is 4.36. The molecule has 1 aromatic carbocycles. The number of anilines is 1. The van der Waals surface area contributed by atoms with E-state index in [1.165, 1.54) is 6.20 Å². The fourth-order valence-electron chi connectivity index (χ4n) is 3.36. The van der Waals surface area contributed by atoms with Gasteiger partial charge < -0.3 is 10.1 Å². The minimum atomic E-state index is -3.55. The highest BCUT2D eigenvalue weighted by atomic mass is 32.2. The summed E-state index contributed by atoms with van der Waals surface area (Å²) in [6.45, 7) is 8.96. The Morgan fingerprint density at radius 3 is 2.53 bits per heavy atom. The molecule has 0 saturated heterocycles. The van der Waals surface area contributed by atoms with Gasteiger partial charge in [0.2, 0.25) is 5.88 Å². The summed E-state index contributed by atoms with van der Waals surface area (Å²) in [5.41, 5.74) is 2.69. The van der Waals surface area contributed by atoms with Crippen molar-refractivity contribution in [2.24, 2.45) is 9.50 Å². The maximum absolute atomic E-state index is 13.0. The van der Waals surface area contributed by atoms with Crippen LogP contribution in [0.2, 0.25) is 0 Å². The highest BCUT2D eigenvalue weighted by molar-refractivity contribution is 7.91. The van der Waals surface area contributed by atoms with Crippen molar-refractivity contribution in [1.29, 1.82) is 5.26 Å². The van der Waals surface area contributed by atoms with Gasteiger partial charge in [0.15, 0.2) is 9.92 Å². The summed E-state index contributed by atoms with van der Waals surface area (Å²) in [4.78, 5) is 12.8. The molecule has 0 saturated carbocycles. The zero-order valence-electron chi connectivity index (χ0n) is 17.5. The van der Waals surface area contributed by atoms with E-state index in [4.69, 9.17) is 9.88 Å². The van der Waals surface area contributed by atoms with Gasteiger partial charge >= 0.3 is 6.03 Å². The molecule has 9 nitrogen and oxygen atoms in total. The summed E-state index contributed by atoms with van der Waals surface area (Å²) in [5.74, 6) is 0.378. The van der Waals surface area contributed by atoms with Crippen LogP contribution in [0.4, 0.5) is 10.5 Å². The quantitative estimate of drug-likeness (QED) is 0.762. The van der Waals surface area contributed by atoms with Crippen molar-refractivity contribution in [3.63, 3.8) is 0 Å². The van der Waals surface area contributed by atoms with Crippen molar-refractivity contribution < 1.29 is 13.7 Å². The summed E-state index contributed by atoms with van der Waals surface area (Å²) in [5, 5.41) is 22.1. The Morgan fingerprint density at radius 2 is 1.97 bits per heavy atom. The lowest BCUT2D eigenvalue weighted by atomic mass is 9.90. The normalized spacial score (nSPS) is 15.1. The third-order valence-electron chi connectivity index (χ3n) is 4.85. The van der Waals surface area contributed by atoms with E-state index in [1.807, 2.05) is 27.7 Å². The Labute approximate surface area is 176 Å². The van der Waals surface area contributed by atoms with Crippen LogP contribution in [0.1, 0.15) is 62.6 Å². The van der Waals surface area contributed by atoms with Gasteiger partial charge in [-0.15, -0.1) is 4.36 Å². The molecular weight excluding hydrogens is 404 g/mol. The molecule has 3 N–H and O–H groups in total. The molecule has 0 bridgehead atoms. The van der Waals surface area contributed by atoms with Gasteiger partial charge in [-0.2, -0.15) is 10.4 Å². The largest absolute Gasteiger partial charge is 0.477 e. The first-order chi connectivity index (χ1) is 14.1. The van der Waals surface area contributed by atoms with Crippen molar-refractivity contribution in [2.45, 2.75) is 57.4 Å². The van der Waals surface area contributed by atoms with Crippen LogP contribution < -0.4 is 15.2 Å². The first kappa shape index (κ1) is 21.8. The molecule has 0 radical (unpaired) electrons. The molecule has 1 aromatic heterocycles. The molecule has 0 spiro atoms. The number of aryl methyl sites for hydroxylation is 1. The monoisotopic (exact) mass is 430 g/mol. The van der Waals surface area contributed by atoms with Crippen LogP contribution in [0.15, 0.2) is 27.6 Å². The standard InChI is InChI=1S/C20H26N6O3S/c1-12(2)15-8-14(10-21)9-16(13(3)4)18(15)24-20(27)25-30(22,28)17-11-23-26-6-5-7-29-19(17)26/h8-9,11-13H,5-7H2,1-4H3,(H3,22,24,25,27,28)/t30-/m1/s1. The average molecular weight is 431 g/mol. The van der Waals surface area contributed by atoms with Crippen LogP contribution >= 0.6 is 0 Å². The number of hydrogen-bond acceptors (Lipinski definition) is 5. The number of benzene rings is 1. The first-order valence-corrected chi connectivity index (χ1v) is 11.3. The molecule has 2 aromatic rings. The molecule has 0 aliphatic carbocycles. The maximum atomic E-state index is 13.0. The molecule has 3 rings (SSSR count). The van der Waals surface area contributed by atoms with Crippen LogP contribution in [-0.2, 0) is 16.5 Å². The molecule has 0 fully saturated rings. The third-order valence-corrected chi connectivity index (χ3v) is 6.20. The highest BCUT2D eigenvalue weighted by Gasteiger charge is 2.24. The van der Waals surface area contributed by atoms with E-state index >= 15 is 0 Å². The Morgan fingerprint density at radius 1 is 1.33 bits per heavy atom. The van der Waals surface area contributed by atoms with Crippen molar-refractivity contribution in [3.8, 4) is 11.9 Å². The van der Waals surface area contributed by atoms with Gasteiger partial charge in [0.05, 0.1) is 24.4 Å². The van der Waals surface area contributed by atoms with Crippen LogP contribution in [0.25, 0.3) is 0 Å². The second kappa shape index (κ2) is 8.45. The van der Waals surface area contributed by atoms with E-state index in [0.29, 0.717) is 24.4 Å². The number of ether oxygens (including phenoxy) is 1. The van der Waals surface area contributed by atoms with Gasteiger partial charge in [-0.3, -0.25) is 0 Å². The number of rotatable bonds is 4. The first-order valence-electron chi connectivity index (χ1n) is 9.76. The number of amides is 2. The van der Waals surface area contributed by atoms with E-state index in [9.17, 15) is 14.3 Å². The summed E-state index contributed by atoms with van der Waals surface area (Å²) in [6, 6.07) is 4.82. The molecule has 160 valence electrons. The predicted molar refractivity (Wildman–Crippen MR) is 114 cm³/mol. The minimum absolute atomic E-state index is 0.0458. The van der Waals surface area contributed by atoms with Gasteiger partial charge in [0, 0.05) is 18.7 Å². The topological polar surface area (TPSA) is 135 Å². The van der Waals surface area contributed by atoms with E-state index in [0.717, 1.165) is 17.5 Å². The van der Waals surface area contributed by atoms with Crippen LogP contribution in [-0.4, -0.2) is 26.6 Å². The second-order valence-electron chi connectivity index (χ2n) is 7.78. The lowest BCUT2D eigenvalue weighted by molar-refractivity contribution is 0.224. The number of nitriles is 1. The van der Waals surface area contributed by atoms with Crippen molar-refractivity contribution in [2.75, 3.05) is 11.9 Å². The Balaban J connectivity index is 2.01. The fraction of sp³-hybridized carbons (Fsp3) is 0.450. The number of nitrogens with zero attached hydrogens (tertiary/aromatic N) is 4. The predicted octanol–water partition coefficient (Wildman–Crippen LogP) is 3.72. The number of fused-ring (bicyclic) bond motifs is 1. The van der Waals surface area contributed by atoms with Gasteiger partial charge in [-0.25, -0.2) is 18.8 Å². The highest BCUT2D eigenvalue weighted by Crippen LogP contribution is 2.34. The second-order valence-corrected chi connectivity index (χ2v) is 9.54. The van der Waals surface area contributed by atoms with Gasteiger partial charge in [0.25, 0.3) is 0 Å². The number of nitrogens with one attached hydrogen (secondary N) is 1. The minimum Gasteiger partial charge on any atom is -0.477 e. The molecule has 2 amide bonds. The van der Waals surface area contributed by atoms with E-state index in [2.05, 4.69) is 20.8 Å². The van der Waals surface area contributed by atoms with Crippen LogP contribution in [0.5, 0.6) is 5.88 Å². The van der Waals surface area contributed by atoms with E-state index < -0.39 is 15.9 Å². The maximum Gasteiger partial charge on any atom is 0.354 e. The number of carbonyl (C=O) groups excluding carboxylic acids is 1. The summed E-state index contributed by atoms with van der Waals surface area (Å²) >= 11 is 0. The number of nitrogens with two attached hydrogens (primary N) is 1. The van der Waals surface area contributed by atoms with Crippen LogP contribution in [0.3, 0.4) is 0 Å². The Kier molecular flexibility index (Phi) is 6.14. The van der Waals surface area contributed by atoms with Crippen molar-refractivity contribution >= 4 is 21.6 Å². The zero-order chi connectivity index (χ0) is 22.1. The SMILES string of the molecule is CC(C)c1cc(C#N)cc(C(C)C)c1NC(=O)N=[S@@](N)(=O)c1cnn2c1OCCC2. The van der Waals surface area contributed by atoms with E-state index in [-0.39, 0.29) is 22.6 Å². The number of hydrogen-bond donors (Lipinski definition) is 2. The number of urea groups is 1. The summed E-state index contributed by atoms with van der Waals surface area (Å²) in [6.07, 6.45) is 2.12. The lowest BCUT2D eigenvalue weighted by Crippen LogP contribution is -2.21. The summed E-state index contributed by atoms with van der Waals surface area (Å²) in [7, 11) is -3.55. The molecule has 1 atom stereocenters. The average Bonchev–Trinajstić information content (AvgIpc) is 3.12. The zero-order valence-corrected chi connectivity index (χ0v) is 18.3. The molecule has 1 aliphatic rings. The van der Waals surface area contributed by atoms with Crippen molar-refractivity contribution in [1.82, 2.24) is 9.78 Å². The molecule has 1 aliphatic heterocycles. The van der Waals surface area contributed by atoms with Gasteiger partial charge in [-0.1, -0.05) is 27.7 Å². The Bertz CT molecular complexity index is 1110. The number of aromatic nitrogens is 2. The lowest BCUT2D eigenvalue weighted by Gasteiger charge is -2.20. The molecule has 0 unspecified atom stereocenters. The van der Waals surface area contributed by atoms with Crippen LogP contribution in [0, 0.1) is 11.3 Å². The molecule has 30 heavy (non-hydrogen) atoms. The third kappa shape index (κ3) is 4.32. The van der Waals surface area contributed by atoms with Gasteiger partial charge in [0.1, 0.15) is 4.90 Å². The molecular formula is C20H26N6O3S. The van der Waals surface area contributed by atoms with Gasteiger partial charge in [-0.05, 0) is 35.1 Å². The summed E-state index contributed by atoms with van der Waals surface area (Å²) < 4.78 is 23.9. The molecule has 2 heterocycles. The Hall–Kier alpha value is -2.90. The number of carbonyl (C=O) groups is 1. The van der Waals surface area contributed by atoms with E-state index in [1.54, 1.807) is 16.8 Å². The smallest absolute Gasteiger partial charge is 0.354 e.